The van der Waals surface area contributed by atoms with E-state index in [1.54, 1.807) is 25.1 Å². The first-order valence-corrected chi connectivity index (χ1v) is 6.34. The van der Waals surface area contributed by atoms with E-state index in [1.165, 1.54) is 0 Å². The third kappa shape index (κ3) is 3.39. The Bertz CT molecular complexity index is 666. The molecule has 0 unspecified atom stereocenters. The van der Waals surface area contributed by atoms with E-state index in [9.17, 15) is 4.79 Å². The monoisotopic (exact) mass is 265 g/mol. The molecule has 3 nitrogen and oxygen atoms in total. The zero-order chi connectivity index (χ0) is 14.4. The molecule has 0 radical (unpaired) electrons. The lowest BCUT2D eigenvalue weighted by Crippen LogP contribution is -2.05. The zero-order valence-corrected chi connectivity index (χ0v) is 11.2. The topological polar surface area (TPSA) is 52.3 Å². The minimum Gasteiger partial charge on any atom is -0.462 e. The molecule has 2 aromatic rings. The van der Waals surface area contributed by atoms with E-state index in [0.29, 0.717) is 23.4 Å². The van der Waals surface area contributed by atoms with Crippen LogP contribution in [0.2, 0.25) is 0 Å². The smallest absolute Gasteiger partial charge is 0.338 e. The number of nitrogens with two attached hydrogens (primary N) is 1. The van der Waals surface area contributed by atoms with Crippen LogP contribution >= 0.6 is 0 Å². The predicted molar refractivity (Wildman–Crippen MR) is 79.2 cm³/mol. The van der Waals surface area contributed by atoms with E-state index in [-0.39, 0.29) is 5.97 Å². The number of nitrogen functional groups attached to an aromatic ring is 1. The Morgan fingerprint density at radius 2 is 1.90 bits per heavy atom. The minimum atomic E-state index is -0.365. The van der Waals surface area contributed by atoms with Crippen molar-refractivity contribution in [1.29, 1.82) is 0 Å². The Morgan fingerprint density at radius 1 is 1.15 bits per heavy atom. The number of ether oxygens (including phenoxy) is 1. The second-order valence-electron chi connectivity index (χ2n) is 4.14. The van der Waals surface area contributed by atoms with E-state index < -0.39 is 0 Å². The highest BCUT2D eigenvalue weighted by Gasteiger charge is 2.07. The third-order valence-corrected chi connectivity index (χ3v) is 2.68. The average molecular weight is 265 g/mol. The first kappa shape index (κ1) is 13.7. The van der Waals surface area contributed by atoms with Crippen molar-refractivity contribution in [2.24, 2.45) is 0 Å². The molecule has 2 aromatic carbocycles. The Balaban J connectivity index is 2.30. The van der Waals surface area contributed by atoms with Crippen LogP contribution in [0.5, 0.6) is 0 Å². The summed E-state index contributed by atoms with van der Waals surface area (Å²) in [5.74, 6) is 5.64. The molecule has 0 fully saturated rings. The SMILES string of the molecule is CCOC(=O)c1ccc(N)c(C#Cc2ccccc2)c1. The fraction of sp³-hybridized carbons (Fsp3) is 0.118. The molecule has 0 aromatic heterocycles. The molecule has 0 bridgehead atoms. The molecule has 100 valence electrons. The van der Waals surface area contributed by atoms with Gasteiger partial charge in [0.2, 0.25) is 0 Å². The van der Waals surface area contributed by atoms with Gasteiger partial charge in [0.05, 0.1) is 12.2 Å². The van der Waals surface area contributed by atoms with Gasteiger partial charge in [-0.1, -0.05) is 30.0 Å². The molecule has 0 heterocycles. The number of esters is 1. The number of rotatable bonds is 2. The van der Waals surface area contributed by atoms with E-state index in [0.717, 1.165) is 5.56 Å². The summed E-state index contributed by atoms with van der Waals surface area (Å²) in [6, 6.07) is 14.6. The maximum atomic E-state index is 11.7. The summed E-state index contributed by atoms with van der Waals surface area (Å²) in [6.45, 7) is 2.11. The number of hydrogen-bond acceptors (Lipinski definition) is 3. The number of hydrogen-bond donors (Lipinski definition) is 1. The van der Waals surface area contributed by atoms with Crippen LogP contribution in [0.15, 0.2) is 48.5 Å². The molecular formula is C17H15NO2. The summed E-state index contributed by atoms with van der Waals surface area (Å²) < 4.78 is 4.96. The molecule has 2 rings (SSSR count). The van der Waals surface area contributed by atoms with E-state index in [2.05, 4.69) is 11.8 Å². The fourth-order valence-corrected chi connectivity index (χ4v) is 1.67. The Labute approximate surface area is 118 Å². The Kier molecular flexibility index (Phi) is 4.41. The van der Waals surface area contributed by atoms with Crippen LogP contribution in [0, 0.1) is 11.8 Å². The molecule has 0 amide bonds. The highest BCUT2D eigenvalue weighted by molar-refractivity contribution is 5.90. The first-order valence-electron chi connectivity index (χ1n) is 6.34. The van der Waals surface area contributed by atoms with Gasteiger partial charge in [0.15, 0.2) is 0 Å². The van der Waals surface area contributed by atoms with Gasteiger partial charge in [-0.15, -0.1) is 0 Å². The van der Waals surface area contributed by atoms with E-state index >= 15 is 0 Å². The van der Waals surface area contributed by atoms with Crippen LogP contribution in [0.1, 0.15) is 28.4 Å². The maximum absolute atomic E-state index is 11.7. The van der Waals surface area contributed by atoms with Gasteiger partial charge in [0.1, 0.15) is 0 Å². The molecular weight excluding hydrogens is 250 g/mol. The molecule has 20 heavy (non-hydrogen) atoms. The van der Waals surface area contributed by atoms with Gasteiger partial charge >= 0.3 is 5.97 Å². The van der Waals surface area contributed by atoms with Crippen molar-refractivity contribution in [3.05, 3.63) is 65.2 Å². The second-order valence-corrected chi connectivity index (χ2v) is 4.14. The summed E-state index contributed by atoms with van der Waals surface area (Å²) in [5.41, 5.74) is 8.39. The van der Waals surface area contributed by atoms with Crippen molar-refractivity contribution in [3.63, 3.8) is 0 Å². The van der Waals surface area contributed by atoms with Crippen LogP contribution in [0.25, 0.3) is 0 Å². The normalized spacial score (nSPS) is 9.45. The molecule has 0 aliphatic heterocycles. The minimum absolute atomic E-state index is 0.342. The average Bonchev–Trinajstić information content (AvgIpc) is 2.47. The predicted octanol–water partition coefficient (Wildman–Crippen LogP) is 2.85. The highest BCUT2D eigenvalue weighted by atomic mass is 16.5. The van der Waals surface area contributed by atoms with Crippen LogP contribution in [0.3, 0.4) is 0 Å². The second kappa shape index (κ2) is 6.44. The first-order chi connectivity index (χ1) is 9.70. The van der Waals surface area contributed by atoms with Crippen LogP contribution in [0.4, 0.5) is 5.69 Å². The largest absolute Gasteiger partial charge is 0.462 e. The van der Waals surface area contributed by atoms with Gasteiger partial charge in [-0.05, 0) is 37.3 Å². The molecule has 3 heteroatoms. The lowest BCUT2D eigenvalue weighted by molar-refractivity contribution is 0.0526. The quantitative estimate of drug-likeness (QED) is 0.516. The summed E-state index contributed by atoms with van der Waals surface area (Å²) in [4.78, 5) is 11.7. The standard InChI is InChI=1S/C17H15NO2/c1-2-20-17(19)15-10-11-16(18)14(12-15)9-8-13-6-4-3-5-7-13/h3-7,10-12H,2,18H2,1H3. The van der Waals surface area contributed by atoms with Crippen molar-refractivity contribution in [2.75, 3.05) is 12.3 Å². The van der Waals surface area contributed by atoms with Crippen LogP contribution in [-0.4, -0.2) is 12.6 Å². The molecule has 0 saturated heterocycles. The number of carbonyl (C=O) groups excluding carboxylic acids is 1. The van der Waals surface area contributed by atoms with Crippen molar-refractivity contribution in [3.8, 4) is 11.8 Å². The Hall–Kier alpha value is -2.73. The summed E-state index contributed by atoms with van der Waals surface area (Å²) in [5, 5.41) is 0. The van der Waals surface area contributed by atoms with Gasteiger partial charge in [0, 0.05) is 16.8 Å². The lowest BCUT2D eigenvalue weighted by atomic mass is 10.1. The van der Waals surface area contributed by atoms with Crippen LogP contribution in [-0.2, 0) is 4.74 Å². The van der Waals surface area contributed by atoms with Crippen molar-refractivity contribution >= 4 is 11.7 Å². The van der Waals surface area contributed by atoms with E-state index in [4.69, 9.17) is 10.5 Å². The van der Waals surface area contributed by atoms with Gasteiger partial charge in [0.25, 0.3) is 0 Å². The zero-order valence-electron chi connectivity index (χ0n) is 11.2. The molecule has 0 atom stereocenters. The summed E-state index contributed by atoms with van der Waals surface area (Å²) in [7, 11) is 0. The summed E-state index contributed by atoms with van der Waals surface area (Å²) in [6.07, 6.45) is 0. The highest BCUT2D eigenvalue weighted by Crippen LogP contribution is 2.14. The van der Waals surface area contributed by atoms with Gasteiger partial charge < -0.3 is 10.5 Å². The van der Waals surface area contributed by atoms with E-state index in [1.807, 2.05) is 30.3 Å². The molecule has 2 N–H and O–H groups in total. The third-order valence-electron chi connectivity index (χ3n) is 2.68. The summed E-state index contributed by atoms with van der Waals surface area (Å²) >= 11 is 0. The maximum Gasteiger partial charge on any atom is 0.338 e. The molecule has 0 aliphatic carbocycles. The van der Waals surface area contributed by atoms with Crippen LogP contribution < -0.4 is 5.73 Å². The van der Waals surface area contributed by atoms with Crippen molar-refractivity contribution < 1.29 is 9.53 Å². The number of benzene rings is 2. The molecule has 0 aliphatic rings. The van der Waals surface area contributed by atoms with Gasteiger partial charge in [-0.25, -0.2) is 4.79 Å². The fourth-order valence-electron chi connectivity index (χ4n) is 1.67. The Morgan fingerprint density at radius 3 is 2.60 bits per heavy atom. The van der Waals surface area contributed by atoms with Crippen molar-refractivity contribution in [2.45, 2.75) is 6.92 Å². The number of anilines is 1. The lowest BCUT2D eigenvalue weighted by Gasteiger charge is -2.04. The van der Waals surface area contributed by atoms with Gasteiger partial charge in [-0.3, -0.25) is 0 Å². The molecule has 0 saturated carbocycles. The van der Waals surface area contributed by atoms with Gasteiger partial charge in [-0.2, -0.15) is 0 Å². The number of carbonyl (C=O) groups is 1. The molecule has 0 spiro atoms. The van der Waals surface area contributed by atoms with Crippen molar-refractivity contribution in [1.82, 2.24) is 0 Å².